The van der Waals surface area contributed by atoms with Crippen LogP contribution < -0.4 is 5.73 Å². The van der Waals surface area contributed by atoms with Crippen molar-refractivity contribution >= 4 is 0 Å². The van der Waals surface area contributed by atoms with Gasteiger partial charge in [-0.05, 0) is 30.5 Å². The number of ether oxygens (including phenoxy) is 1. The molecule has 17 heavy (non-hydrogen) atoms. The Morgan fingerprint density at radius 1 is 1.47 bits per heavy atom. The van der Waals surface area contributed by atoms with Gasteiger partial charge in [0.15, 0.2) is 0 Å². The molecule has 4 heteroatoms. The summed E-state index contributed by atoms with van der Waals surface area (Å²) in [5.74, 6) is 0. The summed E-state index contributed by atoms with van der Waals surface area (Å²) in [4.78, 5) is 3.91. The number of aromatic nitrogens is 1. The Morgan fingerprint density at radius 2 is 2.18 bits per heavy atom. The van der Waals surface area contributed by atoms with Gasteiger partial charge in [0.05, 0.1) is 13.2 Å². The fraction of sp³-hybridized carbons (Fsp3) is 0.538. The lowest BCUT2D eigenvalue weighted by atomic mass is 9.96. The summed E-state index contributed by atoms with van der Waals surface area (Å²) < 4.78 is 5.60. The van der Waals surface area contributed by atoms with Gasteiger partial charge in [-0.2, -0.15) is 5.26 Å². The van der Waals surface area contributed by atoms with Crippen LogP contribution in [0.25, 0.3) is 0 Å². The third kappa shape index (κ3) is 4.14. The van der Waals surface area contributed by atoms with Crippen LogP contribution >= 0.6 is 0 Å². The van der Waals surface area contributed by atoms with Gasteiger partial charge in [-0.15, -0.1) is 0 Å². The number of hydrogen-bond acceptors (Lipinski definition) is 4. The van der Waals surface area contributed by atoms with Gasteiger partial charge in [-0.1, -0.05) is 13.8 Å². The van der Waals surface area contributed by atoms with Gasteiger partial charge in [-0.3, -0.25) is 0 Å². The molecule has 4 nitrogen and oxygen atoms in total. The Hall–Kier alpha value is -1.44. The van der Waals surface area contributed by atoms with Crippen molar-refractivity contribution in [3.8, 4) is 6.07 Å². The van der Waals surface area contributed by atoms with Crippen molar-refractivity contribution in [2.75, 3.05) is 6.61 Å². The molecule has 1 rings (SSSR count). The summed E-state index contributed by atoms with van der Waals surface area (Å²) in [6, 6.07) is 5.58. The molecule has 0 saturated carbocycles. The second-order valence-corrected chi connectivity index (χ2v) is 4.22. The van der Waals surface area contributed by atoms with Gasteiger partial charge in [0.25, 0.3) is 0 Å². The summed E-state index contributed by atoms with van der Waals surface area (Å²) in [6.07, 6.45) is 3.40. The Bertz CT molecular complexity index is 394. The van der Waals surface area contributed by atoms with Gasteiger partial charge in [0, 0.05) is 11.7 Å². The molecule has 0 fully saturated rings. The molecule has 0 aliphatic rings. The van der Waals surface area contributed by atoms with E-state index in [0.717, 1.165) is 18.4 Å². The summed E-state index contributed by atoms with van der Waals surface area (Å²) in [7, 11) is 0. The quantitative estimate of drug-likeness (QED) is 0.815. The largest absolute Gasteiger partial charge is 0.375 e. The van der Waals surface area contributed by atoms with Gasteiger partial charge in [-0.25, -0.2) is 4.98 Å². The number of nitrogens with two attached hydrogens (primary N) is 1. The average molecular weight is 233 g/mol. The molecule has 2 N–H and O–H groups in total. The van der Waals surface area contributed by atoms with Crippen molar-refractivity contribution in [3.05, 3.63) is 29.6 Å². The molecule has 0 spiro atoms. The molecule has 0 amide bonds. The monoisotopic (exact) mass is 233 g/mol. The lowest BCUT2D eigenvalue weighted by Crippen LogP contribution is -2.43. The number of nitriles is 1. The zero-order chi connectivity index (χ0) is 12.7. The van der Waals surface area contributed by atoms with Crippen LogP contribution in [0.1, 0.15) is 37.9 Å². The molecule has 92 valence electrons. The lowest BCUT2D eigenvalue weighted by Gasteiger charge is -2.26. The van der Waals surface area contributed by atoms with Crippen LogP contribution in [0.2, 0.25) is 0 Å². The van der Waals surface area contributed by atoms with E-state index in [0.29, 0.717) is 18.9 Å². The highest BCUT2D eigenvalue weighted by Gasteiger charge is 2.20. The van der Waals surface area contributed by atoms with Crippen molar-refractivity contribution in [1.29, 1.82) is 5.26 Å². The van der Waals surface area contributed by atoms with Gasteiger partial charge < -0.3 is 10.5 Å². The average Bonchev–Trinajstić information content (AvgIpc) is 2.39. The van der Waals surface area contributed by atoms with E-state index in [-0.39, 0.29) is 5.54 Å². The third-order valence-electron chi connectivity index (χ3n) is 3.01. The highest BCUT2D eigenvalue weighted by Crippen LogP contribution is 2.13. The predicted molar refractivity (Wildman–Crippen MR) is 66.1 cm³/mol. The summed E-state index contributed by atoms with van der Waals surface area (Å²) in [6.45, 7) is 5.13. The number of rotatable bonds is 6. The van der Waals surface area contributed by atoms with Gasteiger partial charge in [0.1, 0.15) is 11.8 Å². The van der Waals surface area contributed by atoms with Gasteiger partial charge in [0.2, 0.25) is 0 Å². The van der Waals surface area contributed by atoms with E-state index in [4.69, 9.17) is 15.7 Å². The van der Waals surface area contributed by atoms with E-state index in [9.17, 15) is 0 Å². The molecule has 0 unspecified atom stereocenters. The molecule has 1 aromatic heterocycles. The van der Waals surface area contributed by atoms with Crippen molar-refractivity contribution in [2.45, 2.75) is 38.8 Å². The highest BCUT2D eigenvalue weighted by atomic mass is 16.5. The number of pyridine rings is 1. The summed E-state index contributed by atoms with van der Waals surface area (Å²) in [5, 5.41) is 8.72. The maximum Gasteiger partial charge on any atom is 0.140 e. The molecular weight excluding hydrogens is 214 g/mol. The molecule has 0 aromatic carbocycles. The molecule has 0 aliphatic carbocycles. The maximum absolute atomic E-state index is 8.72. The van der Waals surface area contributed by atoms with E-state index < -0.39 is 0 Å². The molecule has 0 bridgehead atoms. The number of hydrogen-bond donors (Lipinski definition) is 1. The second-order valence-electron chi connectivity index (χ2n) is 4.22. The zero-order valence-electron chi connectivity index (χ0n) is 10.4. The first-order valence-electron chi connectivity index (χ1n) is 5.85. The predicted octanol–water partition coefficient (Wildman–Crippen LogP) is 1.99. The Balaban J connectivity index is 2.48. The van der Waals surface area contributed by atoms with E-state index in [2.05, 4.69) is 18.8 Å². The lowest BCUT2D eigenvalue weighted by molar-refractivity contribution is 0.0696. The highest BCUT2D eigenvalue weighted by molar-refractivity contribution is 5.24. The molecule has 0 aliphatic heterocycles. The fourth-order valence-electron chi connectivity index (χ4n) is 1.45. The van der Waals surface area contributed by atoms with Crippen LogP contribution in [0.5, 0.6) is 0 Å². The molecular formula is C13H19N3O. The van der Waals surface area contributed by atoms with Crippen molar-refractivity contribution in [3.63, 3.8) is 0 Å². The Kier molecular flexibility index (Phi) is 5.08. The fourth-order valence-corrected chi connectivity index (χ4v) is 1.45. The van der Waals surface area contributed by atoms with Crippen LogP contribution in [0.15, 0.2) is 18.3 Å². The van der Waals surface area contributed by atoms with Crippen LogP contribution in [-0.4, -0.2) is 17.1 Å². The smallest absolute Gasteiger partial charge is 0.140 e. The van der Waals surface area contributed by atoms with Crippen molar-refractivity contribution in [1.82, 2.24) is 4.98 Å². The first-order valence-corrected chi connectivity index (χ1v) is 5.85. The molecule has 0 atom stereocenters. The van der Waals surface area contributed by atoms with Gasteiger partial charge >= 0.3 is 0 Å². The molecule has 0 radical (unpaired) electrons. The summed E-state index contributed by atoms with van der Waals surface area (Å²) in [5.41, 5.74) is 7.25. The second kappa shape index (κ2) is 6.33. The molecule has 0 saturated heterocycles. The standard InChI is InChI=1S/C13H19N3O/c1-3-13(15,4-2)10-17-9-11-5-6-16-12(7-11)8-14/h5-7H,3-4,9-10,15H2,1-2H3. The van der Waals surface area contributed by atoms with Crippen molar-refractivity contribution in [2.24, 2.45) is 5.73 Å². The van der Waals surface area contributed by atoms with Crippen LogP contribution in [0.4, 0.5) is 0 Å². The normalized spacial score (nSPS) is 11.2. The third-order valence-corrected chi connectivity index (χ3v) is 3.01. The zero-order valence-corrected chi connectivity index (χ0v) is 10.4. The Morgan fingerprint density at radius 3 is 2.76 bits per heavy atom. The van der Waals surface area contributed by atoms with E-state index in [1.165, 1.54) is 0 Å². The number of nitrogens with zero attached hydrogens (tertiary/aromatic N) is 2. The van der Waals surface area contributed by atoms with E-state index in [1.807, 2.05) is 12.1 Å². The Labute approximate surface area is 102 Å². The van der Waals surface area contributed by atoms with Crippen LogP contribution in [0.3, 0.4) is 0 Å². The molecule has 1 aromatic rings. The van der Waals surface area contributed by atoms with Crippen molar-refractivity contribution < 1.29 is 4.74 Å². The minimum absolute atomic E-state index is 0.245. The van der Waals surface area contributed by atoms with E-state index >= 15 is 0 Å². The first kappa shape index (κ1) is 13.6. The SMILES string of the molecule is CCC(N)(CC)COCc1ccnc(C#N)c1. The molecule has 1 heterocycles. The van der Waals surface area contributed by atoms with E-state index in [1.54, 1.807) is 12.3 Å². The minimum Gasteiger partial charge on any atom is -0.375 e. The first-order chi connectivity index (χ1) is 8.13. The maximum atomic E-state index is 8.72. The minimum atomic E-state index is -0.245. The summed E-state index contributed by atoms with van der Waals surface area (Å²) >= 11 is 0. The topological polar surface area (TPSA) is 71.9 Å². The van der Waals surface area contributed by atoms with Crippen LogP contribution in [-0.2, 0) is 11.3 Å². The van der Waals surface area contributed by atoms with Crippen LogP contribution in [0, 0.1) is 11.3 Å².